The number of rotatable bonds is 6. The summed E-state index contributed by atoms with van der Waals surface area (Å²) in [5.41, 5.74) is 0. The van der Waals surface area contributed by atoms with Gasteiger partial charge in [-0.1, -0.05) is 34.1 Å². The summed E-state index contributed by atoms with van der Waals surface area (Å²) in [6.45, 7) is 8.63. The monoisotopic (exact) mass is 200 g/mol. The minimum absolute atomic E-state index is 0.0408. The van der Waals surface area contributed by atoms with Gasteiger partial charge in [0.05, 0.1) is 13.0 Å². The van der Waals surface area contributed by atoms with Crippen molar-refractivity contribution in [2.75, 3.05) is 7.11 Å². The quantitative estimate of drug-likeness (QED) is 0.615. The van der Waals surface area contributed by atoms with E-state index >= 15 is 0 Å². The van der Waals surface area contributed by atoms with Crippen molar-refractivity contribution >= 4 is 5.97 Å². The Kier molecular flexibility index (Phi) is 6.60. The number of esters is 1. The Labute approximate surface area is 88.0 Å². The number of carbonyl (C=O) groups excluding carboxylic acids is 1. The topological polar surface area (TPSA) is 26.3 Å². The van der Waals surface area contributed by atoms with E-state index in [1.165, 1.54) is 20.0 Å². The molecule has 0 amide bonds. The molecule has 0 aromatic carbocycles. The highest BCUT2D eigenvalue weighted by Crippen LogP contribution is 2.21. The molecule has 0 aliphatic heterocycles. The second-order valence-electron chi connectivity index (χ2n) is 4.51. The van der Waals surface area contributed by atoms with Gasteiger partial charge < -0.3 is 4.74 Å². The third-order valence-corrected chi connectivity index (χ3v) is 2.86. The van der Waals surface area contributed by atoms with Crippen molar-refractivity contribution in [2.24, 2.45) is 17.8 Å². The average molecular weight is 200 g/mol. The molecule has 0 aromatic rings. The van der Waals surface area contributed by atoms with Gasteiger partial charge in [-0.05, 0) is 24.7 Å². The Morgan fingerprint density at radius 1 is 1.14 bits per heavy atom. The van der Waals surface area contributed by atoms with E-state index < -0.39 is 0 Å². The highest BCUT2D eigenvalue weighted by molar-refractivity contribution is 5.71. The first-order chi connectivity index (χ1) is 6.51. The standard InChI is InChI=1S/C12H24O2/c1-6-9(2)7-10(3)8-11(4)12(13)14-5/h9-11H,6-8H2,1-5H3/t9-,10+,11+/m0/s1. The van der Waals surface area contributed by atoms with Crippen molar-refractivity contribution in [3.8, 4) is 0 Å². The summed E-state index contributed by atoms with van der Waals surface area (Å²) >= 11 is 0. The summed E-state index contributed by atoms with van der Waals surface area (Å²) in [6.07, 6.45) is 3.37. The zero-order chi connectivity index (χ0) is 11.1. The van der Waals surface area contributed by atoms with Crippen LogP contribution in [0, 0.1) is 17.8 Å². The third kappa shape index (κ3) is 5.25. The van der Waals surface area contributed by atoms with E-state index in [1.807, 2.05) is 6.92 Å². The van der Waals surface area contributed by atoms with Gasteiger partial charge in [0, 0.05) is 0 Å². The molecule has 0 aliphatic rings. The van der Waals surface area contributed by atoms with Crippen molar-refractivity contribution in [3.05, 3.63) is 0 Å². The molecule has 0 unspecified atom stereocenters. The Morgan fingerprint density at radius 2 is 1.71 bits per heavy atom. The largest absolute Gasteiger partial charge is 0.469 e. The van der Waals surface area contributed by atoms with Crippen molar-refractivity contribution in [1.29, 1.82) is 0 Å². The smallest absolute Gasteiger partial charge is 0.308 e. The lowest BCUT2D eigenvalue weighted by atomic mass is 9.88. The molecule has 0 rings (SSSR count). The fourth-order valence-corrected chi connectivity index (χ4v) is 1.85. The van der Waals surface area contributed by atoms with Gasteiger partial charge >= 0.3 is 5.97 Å². The van der Waals surface area contributed by atoms with E-state index in [2.05, 4.69) is 20.8 Å². The third-order valence-electron chi connectivity index (χ3n) is 2.86. The molecule has 14 heavy (non-hydrogen) atoms. The normalized spacial score (nSPS) is 17.2. The fourth-order valence-electron chi connectivity index (χ4n) is 1.85. The molecule has 2 heteroatoms. The average Bonchev–Trinajstić information content (AvgIpc) is 2.15. The van der Waals surface area contributed by atoms with Crippen LogP contribution >= 0.6 is 0 Å². The van der Waals surface area contributed by atoms with Crippen molar-refractivity contribution in [1.82, 2.24) is 0 Å². The predicted octanol–water partition coefficient (Wildman–Crippen LogP) is 3.26. The van der Waals surface area contributed by atoms with E-state index in [4.69, 9.17) is 4.74 Å². The maximum absolute atomic E-state index is 11.2. The molecule has 0 saturated heterocycles. The van der Waals surface area contributed by atoms with E-state index in [0.29, 0.717) is 5.92 Å². The van der Waals surface area contributed by atoms with Crippen LogP contribution < -0.4 is 0 Å². The first kappa shape index (κ1) is 13.5. The van der Waals surface area contributed by atoms with E-state index in [0.717, 1.165) is 12.3 Å². The fraction of sp³-hybridized carbons (Fsp3) is 0.917. The summed E-state index contributed by atoms with van der Waals surface area (Å²) < 4.78 is 4.71. The zero-order valence-electron chi connectivity index (χ0n) is 10.2. The summed E-state index contributed by atoms with van der Waals surface area (Å²) in [7, 11) is 1.46. The molecule has 0 spiro atoms. The molecule has 2 nitrogen and oxygen atoms in total. The van der Waals surface area contributed by atoms with Gasteiger partial charge in [0.25, 0.3) is 0 Å². The van der Waals surface area contributed by atoms with Gasteiger partial charge in [-0.25, -0.2) is 0 Å². The Morgan fingerprint density at radius 3 is 2.14 bits per heavy atom. The molecule has 0 radical (unpaired) electrons. The van der Waals surface area contributed by atoms with Gasteiger partial charge in [0.1, 0.15) is 0 Å². The summed E-state index contributed by atoms with van der Waals surface area (Å²) in [6, 6.07) is 0. The lowest BCUT2D eigenvalue weighted by Crippen LogP contribution is -2.16. The van der Waals surface area contributed by atoms with E-state index in [9.17, 15) is 4.79 Å². The van der Waals surface area contributed by atoms with E-state index in [-0.39, 0.29) is 11.9 Å². The number of methoxy groups -OCH3 is 1. The molecule has 0 aliphatic carbocycles. The number of hydrogen-bond donors (Lipinski definition) is 0. The van der Waals surface area contributed by atoms with Gasteiger partial charge in [-0.3, -0.25) is 4.79 Å². The van der Waals surface area contributed by atoms with Crippen molar-refractivity contribution in [2.45, 2.75) is 47.0 Å². The molecule has 0 fully saturated rings. The Hall–Kier alpha value is -0.530. The van der Waals surface area contributed by atoms with Crippen LogP contribution in [0.5, 0.6) is 0 Å². The van der Waals surface area contributed by atoms with Crippen LogP contribution in [0.15, 0.2) is 0 Å². The maximum Gasteiger partial charge on any atom is 0.308 e. The molecule has 0 aromatic heterocycles. The number of hydrogen-bond acceptors (Lipinski definition) is 2. The van der Waals surface area contributed by atoms with Crippen LogP contribution in [-0.2, 0) is 9.53 Å². The molecule has 0 N–H and O–H groups in total. The number of carbonyl (C=O) groups is 1. The lowest BCUT2D eigenvalue weighted by Gasteiger charge is -2.18. The highest BCUT2D eigenvalue weighted by Gasteiger charge is 2.17. The van der Waals surface area contributed by atoms with Crippen LogP contribution in [0.3, 0.4) is 0 Å². The highest BCUT2D eigenvalue weighted by atomic mass is 16.5. The summed E-state index contributed by atoms with van der Waals surface area (Å²) in [5, 5.41) is 0. The second-order valence-corrected chi connectivity index (χ2v) is 4.51. The molecule has 0 bridgehead atoms. The minimum Gasteiger partial charge on any atom is -0.469 e. The number of ether oxygens (including phenoxy) is 1. The molecular formula is C12H24O2. The molecule has 84 valence electrons. The Balaban J connectivity index is 3.81. The second kappa shape index (κ2) is 6.86. The predicted molar refractivity (Wildman–Crippen MR) is 59.0 cm³/mol. The molecule has 0 heterocycles. The van der Waals surface area contributed by atoms with Crippen LogP contribution in [-0.4, -0.2) is 13.1 Å². The lowest BCUT2D eigenvalue weighted by molar-refractivity contribution is -0.145. The van der Waals surface area contributed by atoms with Gasteiger partial charge in [0.15, 0.2) is 0 Å². The summed E-state index contributed by atoms with van der Waals surface area (Å²) in [4.78, 5) is 11.2. The van der Waals surface area contributed by atoms with Crippen LogP contribution in [0.2, 0.25) is 0 Å². The minimum atomic E-state index is -0.0824. The maximum atomic E-state index is 11.2. The van der Waals surface area contributed by atoms with Crippen molar-refractivity contribution in [3.63, 3.8) is 0 Å². The van der Waals surface area contributed by atoms with Gasteiger partial charge in [0.2, 0.25) is 0 Å². The van der Waals surface area contributed by atoms with Gasteiger partial charge in [-0.2, -0.15) is 0 Å². The first-order valence-corrected chi connectivity index (χ1v) is 5.59. The Bertz CT molecular complexity index is 166. The molecule has 0 saturated carbocycles. The zero-order valence-corrected chi connectivity index (χ0v) is 10.2. The van der Waals surface area contributed by atoms with Crippen molar-refractivity contribution < 1.29 is 9.53 Å². The van der Waals surface area contributed by atoms with Crippen LogP contribution in [0.1, 0.15) is 47.0 Å². The van der Waals surface area contributed by atoms with Crippen LogP contribution in [0.4, 0.5) is 0 Å². The van der Waals surface area contributed by atoms with E-state index in [1.54, 1.807) is 0 Å². The van der Waals surface area contributed by atoms with Gasteiger partial charge in [-0.15, -0.1) is 0 Å². The molecular weight excluding hydrogens is 176 g/mol. The SMILES string of the molecule is CC[C@H](C)C[C@@H](C)C[C@@H](C)C(=O)OC. The summed E-state index contributed by atoms with van der Waals surface area (Å²) in [5.74, 6) is 1.33. The van der Waals surface area contributed by atoms with Crippen LogP contribution in [0.25, 0.3) is 0 Å². The molecule has 3 atom stereocenters. The first-order valence-electron chi connectivity index (χ1n) is 5.59.